The van der Waals surface area contributed by atoms with Crippen LogP contribution in [-0.4, -0.2) is 10.4 Å². The van der Waals surface area contributed by atoms with Crippen molar-refractivity contribution in [1.82, 2.24) is 4.57 Å². The highest BCUT2D eigenvalue weighted by Gasteiger charge is 2.25. The van der Waals surface area contributed by atoms with E-state index in [2.05, 4.69) is 0 Å². The SMILES string of the molecule is CC1C(=O)Cn2cccc21. The predicted molar refractivity (Wildman–Crippen MR) is 37.9 cm³/mol. The molecule has 0 bridgehead atoms. The Morgan fingerprint density at radius 3 is 3.20 bits per heavy atom. The van der Waals surface area contributed by atoms with E-state index >= 15 is 0 Å². The average Bonchev–Trinajstić information content (AvgIpc) is 2.41. The zero-order valence-corrected chi connectivity index (χ0v) is 5.87. The second-order valence-corrected chi connectivity index (χ2v) is 2.75. The highest BCUT2D eigenvalue weighted by Crippen LogP contribution is 2.23. The van der Waals surface area contributed by atoms with Crippen molar-refractivity contribution in [3.8, 4) is 0 Å². The van der Waals surface area contributed by atoms with Gasteiger partial charge in [-0.15, -0.1) is 0 Å². The summed E-state index contributed by atoms with van der Waals surface area (Å²) >= 11 is 0. The van der Waals surface area contributed by atoms with Crippen LogP contribution in [0, 0.1) is 0 Å². The van der Waals surface area contributed by atoms with Crippen molar-refractivity contribution in [3.63, 3.8) is 0 Å². The fourth-order valence-electron chi connectivity index (χ4n) is 1.43. The van der Waals surface area contributed by atoms with Gasteiger partial charge < -0.3 is 4.57 Å². The summed E-state index contributed by atoms with van der Waals surface area (Å²) in [5.41, 5.74) is 1.16. The van der Waals surface area contributed by atoms with Gasteiger partial charge in [0.25, 0.3) is 0 Å². The molecule has 1 aromatic heterocycles. The molecule has 2 rings (SSSR count). The van der Waals surface area contributed by atoms with Gasteiger partial charge in [0.2, 0.25) is 0 Å². The van der Waals surface area contributed by atoms with Crippen LogP contribution in [0.5, 0.6) is 0 Å². The van der Waals surface area contributed by atoms with Gasteiger partial charge in [0.15, 0.2) is 5.78 Å². The fourth-order valence-corrected chi connectivity index (χ4v) is 1.43. The van der Waals surface area contributed by atoms with E-state index in [0.29, 0.717) is 12.3 Å². The Morgan fingerprint density at radius 2 is 2.50 bits per heavy atom. The maximum Gasteiger partial charge on any atom is 0.161 e. The molecule has 0 N–H and O–H groups in total. The van der Waals surface area contributed by atoms with E-state index in [1.165, 1.54) is 0 Å². The van der Waals surface area contributed by atoms with Crippen molar-refractivity contribution in [1.29, 1.82) is 0 Å². The molecule has 10 heavy (non-hydrogen) atoms. The van der Waals surface area contributed by atoms with E-state index in [1.807, 2.05) is 29.8 Å². The number of hydrogen-bond donors (Lipinski definition) is 0. The molecule has 0 amide bonds. The van der Waals surface area contributed by atoms with Crippen LogP contribution in [-0.2, 0) is 11.3 Å². The number of fused-ring (bicyclic) bond motifs is 1. The van der Waals surface area contributed by atoms with Crippen LogP contribution in [0.25, 0.3) is 0 Å². The lowest BCUT2D eigenvalue weighted by Crippen LogP contribution is -2.01. The zero-order valence-electron chi connectivity index (χ0n) is 5.87. The first kappa shape index (κ1) is 5.71. The molecule has 0 radical (unpaired) electrons. The lowest BCUT2D eigenvalue weighted by molar-refractivity contribution is -0.119. The van der Waals surface area contributed by atoms with Crippen molar-refractivity contribution >= 4 is 5.78 Å². The molecule has 2 heterocycles. The molecule has 1 aliphatic rings. The molecule has 1 unspecified atom stereocenters. The van der Waals surface area contributed by atoms with Gasteiger partial charge in [-0.2, -0.15) is 0 Å². The largest absolute Gasteiger partial charge is 0.343 e. The topological polar surface area (TPSA) is 22.0 Å². The molecule has 2 nitrogen and oxygen atoms in total. The van der Waals surface area contributed by atoms with Crippen LogP contribution in [0.15, 0.2) is 18.3 Å². The summed E-state index contributed by atoms with van der Waals surface area (Å²) in [6, 6.07) is 3.99. The van der Waals surface area contributed by atoms with Gasteiger partial charge in [-0.05, 0) is 19.1 Å². The lowest BCUT2D eigenvalue weighted by Gasteiger charge is -1.95. The number of aromatic nitrogens is 1. The van der Waals surface area contributed by atoms with Crippen LogP contribution >= 0.6 is 0 Å². The van der Waals surface area contributed by atoms with Crippen molar-refractivity contribution in [2.45, 2.75) is 19.4 Å². The predicted octanol–water partition coefficient (Wildman–Crippen LogP) is 1.17. The van der Waals surface area contributed by atoms with E-state index in [0.717, 1.165) is 5.69 Å². The Morgan fingerprint density at radius 1 is 1.70 bits per heavy atom. The number of carbonyl (C=O) groups is 1. The first-order valence-electron chi connectivity index (χ1n) is 3.47. The van der Waals surface area contributed by atoms with E-state index in [9.17, 15) is 4.79 Å². The van der Waals surface area contributed by atoms with Crippen LogP contribution in [0.4, 0.5) is 0 Å². The van der Waals surface area contributed by atoms with Crippen LogP contribution < -0.4 is 0 Å². The van der Waals surface area contributed by atoms with Crippen LogP contribution in [0.2, 0.25) is 0 Å². The Bertz CT molecular complexity index is 275. The van der Waals surface area contributed by atoms with Crippen molar-refractivity contribution < 1.29 is 4.79 Å². The number of rotatable bonds is 0. The fraction of sp³-hybridized carbons (Fsp3) is 0.375. The number of nitrogens with zero attached hydrogens (tertiary/aromatic N) is 1. The summed E-state index contributed by atoms with van der Waals surface area (Å²) in [6.45, 7) is 2.53. The van der Waals surface area contributed by atoms with Gasteiger partial charge in [-0.3, -0.25) is 4.79 Å². The Labute approximate surface area is 59.5 Å². The van der Waals surface area contributed by atoms with E-state index in [1.54, 1.807) is 0 Å². The normalized spacial score (nSPS) is 23.3. The summed E-state index contributed by atoms with van der Waals surface area (Å²) in [5, 5.41) is 0. The molecule has 0 aromatic carbocycles. The quantitative estimate of drug-likeness (QED) is 0.523. The summed E-state index contributed by atoms with van der Waals surface area (Å²) in [4.78, 5) is 11.1. The first-order chi connectivity index (χ1) is 4.79. The summed E-state index contributed by atoms with van der Waals surface area (Å²) in [7, 11) is 0. The maximum absolute atomic E-state index is 11.1. The molecule has 0 saturated carbocycles. The number of carbonyl (C=O) groups excluding carboxylic acids is 1. The number of hydrogen-bond acceptors (Lipinski definition) is 1. The van der Waals surface area contributed by atoms with E-state index in [4.69, 9.17) is 0 Å². The molecule has 1 aromatic rings. The third-order valence-corrected chi connectivity index (χ3v) is 2.12. The minimum Gasteiger partial charge on any atom is -0.343 e. The minimum absolute atomic E-state index is 0.120. The van der Waals surface area contributed by atoms with Gasteiger partial charge in [0, 0.05) is 11.9 Å². The molecule has 52 valence electrons. The Balaban J connectivity index is 2.52. The first-order valence-corrected chi connectivity index (χ1v) is 3.47. The summed E-state index contributed by atoms with van der Waals surface area (Å²) in [5.74, 6) is 0.450. The van der Waals surface area contributed by atoms with Gasteiger partial charge in [-0.1, -0.05) is 0 Å². The lowest BCUT2D eigenvalue weighted by atomic mass is 10.1. The van der Waals surface area contributed by atoms with Crippen molar-refractivity contribution in [2.24, 2.45) is 0 Å². The van der Waals surface area contributed by atoms with E-state index in [-0.39, 0.29) is 5.92 Å². The number of ketones is 1. The third kappa shape index (κ3) is 0.561. The second-order valence-electron chi connectivity index (χ2n) is 2.75. The van der Waals surface area contributed by atoms with Crippen LogP contribution in [0.3, 0.4) is 0 Å². The zero-order chi connectivity index (χ0) is 7.14. The summed E-state index contributed by atoms with van der Waals surface area (Å²) < 4.78 is 2.01. The Hall–Kier alpha value is -1.05. The Kier molecular flexibility index (Phi) is 0.982. The maximum atomic E-state index is 11.1. The summed E-state index contributed by atoms with van der Waals surface area (Å²) in [6.07, 6.45) is 1.96. The molecule has 2 heteroatoms. The van der Waals surface area contributed by atoms with Gasteiger partial charge in [0.05, 0.1) is 12.5 Å². The highest BCUT2D eigenvalue weighted by molar-refractivity contribution is 5.87. The average molecular weight is 135 g/mol. The molecule has 0 spiro atoms. The third-order valence-electron chi connectivity index (χ3n) is 2.12. The molecule has 1 aliphatic heterocycles. The van der Waals surface area contributed by atoms with Crippen LogP contribution in [0.1, 0.15) is 18.5 Å². The second kappa shape index (κ2) is 1.72. The van der Waals surface area contributed by atoms with Gasteiger partial charge >= 0.3 is 0 Å². The van der Waals surface area contributed by atoms with E-state index < -0.39 is 0 Å². The monoisotopic (exact) mass is 135 g/mol. The number of Topliss-reactive ketones (excluding diaryl/α,β-unsaturated/α-hetero) is 1. The van der Waals surface area contributed by atoms with Crippen molar-refractivity contribution in [2.75, 3.05) is 0 Å². The molecule has 1 atom stereocenters. The minimum atomic E-state index is 0.120. The standard InChI is InChI=1S/C8H9NO/c1-6-7-3-2-4-9(7)5-8(6)10/h2-4,6H,5H2,1H3. The molecular weight excluding hydrogens is 126 g/mol. The smallest absolute Gasteiger partial charge is 0.161 e. The molecular formula is C8H9NO. The van der Waals surface area contributed by atoms with Gasteiger partial charge in [0.1, 0.15) is 0 Å². The molecule has 0 fully saturated rings. The van der Waals surface area contributed by atoms with Crippen molar-refractivity contribution in [3.05, 3.63) is 24.0 Å². The highest BCUT2D eigenvalue weighted by atomic mass is 16.1. The molecule has 0 saturated heterocycles. The van der Waals surface area contributed by atoms with Gasteiger partial charge in [-0.25, -0.2) is 0 Å². The molecule has 0 aliphatic carbocycles.